The van der Waals surface area contributed by atoms with Crippen LogP contribution in [0.4, 0.5) is 39.5 Å². The molecule has 0 aliphatic heterocycles. The van der Waals surface area contributed by atoms with Crippen LogP contribution >= 0.6 is 0 Å². The minimum absolute atomic E-state index is 0.408. The third-order valence-corrected chi connectivity index (χ3v) is 5.61. The van der Waals surface area contributed by atoms with Gasteiger partial charge in [-0.15, -0.1) is 0 Å². The number of ether oxygens (including phenoxy) is 1. The summed E-state index contributed by atoms with van der Waals surface area (Å²) in [6.45, 7) is 0. The predicted octanol–water partition coefficient (Wildman–Crippen LogP) is 5.73. The number of alkyl halides is 9. The van der Waals surface area contributed by atoms with Crippen LogP contribution in [0.25, 0.3) is 6.08 Å². The minimum atomic E-state index is -7.47. The van der Waals surface area contributed by atoms with Crippen molar-refractivity contribution in [2.45, 2.75) is 23.3 Å². The maximum Gasteiger partial charge on any atom is 0.460 e. The van der Waals surface area contributed by atoms with Gasteiger partial charge in [-0.3, -0.25) is 4.79 Å². The van der Waals surface area contributed by atoms with E-state index < -0.39 is 50.5 Å². The summed E-state index contributed by atoms with van der Waals surface area (Å²) in [6.07, 6.45) is -5.24. The fraction of sp³-hybridized carbons (Fsp3) is 0.250. The Morgan fingerprint density at radius 2 is 1.37 bits per heavy atom. The van der Waals surface area contributed by atoms with Crippen molar-refractivity contribution in [2.24, 2.45) is 0 Å². The highest BCUT2D eigenvalue weighted by molar-refractivity contribution is 7.88. The van der Waals surface area contributed by atoms with Gasteiger partial charge in [-0.1, -0.05) is 30.3 Å². The van der Waals surface area contributed by atoms with E-state index >= 15 is 0 Å². The Hall–Kier alpha value is -3.23. The predicted molar refractivity (Wildman–Crippen MR) is 103 cm³/mol. The van der Waals surface area contributed by atoms with Crippen LogP contribution in [0.2, 0.25) is 0 Å². The highest BCUT2D eigenvalue weighted by Crippen LogP contribution is 2.55. The van der Waals surface area contributed by atoms with Gasteiger partial charge >= 0.3 is 33.4 Å². The molecule has 0 aliphatic rings. The van der Waals surface area contributed by atoms with E-state index in [0.717, 1.165) is 24.3 Å². The Kier molecular flexibility index (Phi) is 7.55. The van der Waals surface area contributed by atoms with Crippen LogP contribution < -0.4 is 8.92 Å². The number of carbonyl (C=O) groups excluding carboxylic acids is 1. The Morgan fingerprint density at radius 3 is 1.89 bits per heavy atom. The maximum absolute atomic E-state index is 13.9. The van der Waals surface area contributed by atoms with Crippen LogP contribution in [0.1, 0.15) is 15.9 Å². The molecule has 0 spiro atoms. The maximum atomic E-state index is 13.9. The largest absolute Gasteiger partial charge is 0.497 e. The fourth-order valence-electron chi connectivity index (χ4n) is 2.41. The number of hydrogen-bond donors (Lipinski definition) is 0. The highest BCUT2D eigenvalue weighted by Gasteiger charge is 2.86. The molecule has 35 heavy (non-hydrogen) atoms. The number of methoxy groups -OCH3 is 1. The molecule has 0 bridgehead atoms. The van der Waals surface area contributed by atoms with E-state index in [1.54, 1.807) is 0 Å². The normalized spacial score (nSPS) is 13.7. The van der Waals surface area contributed by atoms with Gasteiger partial charge in [0.25, 0.3) is 0 Å². The molecule has 0 radical (unpaired) electrons. The van der Waals surface area contributed by atoms with Crippen molar-refractivity contribution < 1.29 is 61.6 Å². The van der Waals surface area contributed by atoms with E-state index in [2.05, 4.69) is 4.18 Å². The molecule has 2 rings (SSSR count). The molecule has 0 unspecified atom stereocenters. The van der Waals surface area contributed by atoms with E-state index in [0.29, 0.717) is 17.4 Å². The number of carbonyl (C=O) groups is 1. The van der Waals surface area contributed by atoms with Gasteiger partial charge in [0.15, 0.2) is 11.5 Å². The van der Waals surface area contributed by atoms with Crippen molar-refractivity contribution in [2.75, 3.05) is 7.11 Å². The van der Waals surface area contributed by atoms with Crippen molar-refractivity contribution in [3.8, 4) is 11.5 Å². The fourth-order valence-corrected chi connectivity index (χ4v) is 3.34. The number of rotatable bonds is 9. The van der Waals surface area contributed by atoms with Crippen molar-refractivity contribution >= 4 is 22.0 Å². The van der Waals surface area contributed by atoms with Crippen molar-refractivity contribution in [1.29, 1.82) is 0 Å². The number of halogens is 9. The summed E-state index contributed by atoms with van der Waals surface area (Å²) < 4.78 is 150. The van der Waals surface area contributed by atoms with Crippen LogP contribution in [0.3, 0.4) is 0 Å². The molecule has 2 aromatic rings. The SMILES string of the molecule is COc1ccc(/C=C/C(=O)c2ccccc2OS(=O)(=O)C(F)(F)C(F)(F)C(F)(F)C(F)(F)F)cc1. The van der Waals surface area contributed by atoms with Crippen LogP contribution in [-0.2, 0) is 10.1 Å². The Morgan fingerprint density at radius 1 is 0.829 bits per heavy atom. The number of para-hydroxylation sites is 1. The first-order chi connectivity index (χ1) is 15.9. The molecule has 0 N–H and O–H groups in total. The van der Waals surface area contributed by atoms with Crippen molar-refractivity contribution in [1.82, 2.24) is 0 Å². The number of hydrogen-bond acceptors (Lipinski definition) is 5. The van der Waals surface area contributed by atoms with E-state index in [4.69, 9.17) is 4.74 Å². The second kappa shape index (κ2) is 9.43. The third-order valence-electron chi connectivity index (χ3n) is 4.32. The molecule has 0 aliphatic carbocycles. The van der Waals surface area contributed by atoms with Crippen molar-refractivity contribution in [3.63, 3.8) is 0 Å². The Bertz CT molecular complexity index is 1200. The van der Waals surface area contributed by atoms with E-state index in [-0.39, 0.29) is 0 Å². The lowest BCUT2D eigenvalue weighted by Crippen LogP contribution is -2.63. The van der Waals surface area contributed by atoms with Crippen LogP contribution in [0, 0.1) is 0 Å². The lowest BCUT2D eigenvalue weighted by Gasteiger charge is -2.32. The average molecular weight is 536 g/mol. The zero-order chi connectivity index (χ0) is 26.9. The smallest absolute Gasteiger partial charge is 0.460 e. The van der Waals surface area contributed by atoms with Gasteiger partial charge in [0.1, 0.15) is 5.75 Å². The van der Waals surface area contributed by atoms with Gasteiger partial charge in [-0.05, 0) is 35.9 Å². The summed E-state index contributed by atoms with van der Waals surface area (Å²) >= 11 is 0. The third kappa shape index (κ3) is 5.23. The molecule has 0 saturated carbocycles. The standard InChI is InChI=1S/C20H13F9O5S/c1-33-13-9-6-12(7-10-13)8-11-15(30)14-4-2-3-5-16(14)34-35(31,32)20(28,29)18(23,24)17(21,22)19(25,26)27/h2-11H,1H3/b11-8+. The summed E-state index contributed by atoms with van der Waals surface area (Å²) in [4.78, 5) is 12.4. The van der Waals surface area contributed by atoms with Gasteiger partial charge in [-0.2, -0.15) is 47.9 Å². The summed E-state index contributed by atoms with van der Waals surface area (Å²) in [5, 5.41) is -7.06. The quantitative estimate of drug-likeness (QED) is 0.177. The zero-order valence-corrected chi connectivity index (χ0v) is 17.9. The molecule has 0 saturated heterocycles. The molecule has 0 aromatic heterocycles. The molecule has 192 valence electrons. The van der Waals surface area contributed by atoms with Gasteiger partial charge in [-0.25, -0.2) is 0 Å². The highest BCUT2D eigenvalue weighted by atomic mass is 32.2. The topological polar surface area (TPSA) is 69.7 Å². The molecule has 2 aromatic carbocycles. The Balaban J connectivity index is 2.39. The molecule has 0 atom stereocenters. The molecule has 0 heterocycles. The van der Waals surface area contributed by atoms with Gasteiger partial charge in [0, 0.05) is 0 Å². The zero-order valence-electron chi connectivity index (χ0n) is 17.1. The lowest BCUT2D eigenvalue weighted by molar-refractivity contribution is -0.382. The average Bonchev–Trinajstić information content (AvgIpc) is 2.76. The molecule has 15 heteroatoms. The van der Waals surface area contributed by atoms with Gasteiger partial charge < -0.3 is 8.92 Å². The second-order valence-electron chi connectivity index (χ2n) is 6.67. The van der Waals surface area contributed by atoms with E-state index in [1.165, 1.54) is 37.5 Å². The number of ketones is 1. The molecular weight excluding hydrogens is 523 g/mol. The molecule has 0 fully saturated rings. The van der Waals surface area contributed by atoms with Gasteiger partial charge in [0.05, 0.1) is 12.7 Å². The first-order valence-electron chi connectivity index (χ1n) is 8.98. The molecule has 5 nitrogen and oxygen atoms in total. The first kappa shape index (κ1) is 28.0. The monoisotopic (exact) mass is 536 g/mol. The van der Waals surface area contributed by atoms with Crippen LogP contribution in [0.15, 0.2) is 54.6 Å². The van der Waals surface area contributed by atoms with Crippen molar-refractivity contribution in [3.05, 3.63) is 65.7 Å². The summed E-state index contributed by atoms with van der Waals surface area (Å²) in [5.74, 6) is -16.9. The van der Waals surface area contributed by atoms with E-state index in [9.17, 15) is 52.7 Å². The number of allylic oxidation sites excluding steroid dienone is 1. The molecular formula is C20H13F9O5S. The lowest BCUT2D eigenvalue weighted by atomic mass is 10.1. The molecule has 0 amide bonds. The summed E-state index contributed by atoms with van der Waals surface area (Å²) in [5.41, 5.74) is -0.395. The minimum Gasteiger partial charge on any atom is -0.497 e. The van der Waals surface area contributed by atoms with Gasteiger partial charge in [0.2, 0.25) is 0 Å². The summed E-state index contributed by atoms with van der Waals surface area (Å²) in [6, 6.07) is 9.31. The second-order valence-corrected chi connectivity index (χ2v) is 8.26. The Labute approximate surface area is 191 Å². The van der Waals surface area contributed by atoms with E-state index in [1.807, 2.05) is 0 Å². The van der Waals surface area contributed by atoms with Crippen LogP contribution in [-0.4, -0.2) is 44.6 Å². The number of benzene rings is 2. The first-order valence-corrected chi connectivity index (χ1v) is 10.4. The van der Waals surface area contributed by atoms with Crippen LogP contribution in [0.5, 0.6) is 11.5 Å². The summed E-state index contributed by atoms with van der Waals surface area (Å²) in [7, 11) is -5.81.